The lowest BCUT2D eigenvalue weighted by Crippen LogP contribution is -2.50. The van der Waals surface area contributed by atoms with Crippen LogP contribution in [0.2, 0.25) is 0 Å². The van der Waals surface area contributed by atoms with E-state index in [0.29, 0.717) is 23.4 Å². The van der Waals surface area contributed by atoms with Crippen molar-refractivity contribution in [1.29, 1.82) is 0 Å². The van der Waals surface area contributed by atoms with Gasteiger partial charge in [-0.2, -0.15) is 26.3 Å². The molecule has 0 spiro atoms. The second kappa shape index (κ2) is 10.9. The monoisotopic (exact) mass is 552 g/mol. The molecule has 3 rings (SSSR count). The largest absolute Gasteiger partial charge is 0.435 e. The highest BCUT2D eigenvalue weighted by Gasteiger charge is 2.73. The molecule has 1 N–H and O–H groups in total. The van der Waals surface area contributed by atoms with Crippen molar-refractivity contribution in [3.63, 3.8) is 0 Å². The van der Waals surface area contributed by atoms with Crippen molar-refractivity contribution >= 4 is 23.2 Å². The summed E-state index contributed by atoms with van der Waals surface area (Å²) in [5.41, 5.74) is -6.95. The molecule has 0 saturated carbocycles. The summed E-state index contributed by atoms with van der Waals surface area (Å²) in [4.78, 5) is 27.4. The first-order valence-electron chi connectivity index (χ1n) is 11.4. The minimum atomic E-state index is -6.26. The number of nitrogens with one attached hydrogen (secondary N) is 1. The van der Waals surface area contributed by atoms with Gasteiger partial charge in [-0.25, -0.2) is 4.39 Å². The summed E-state index contributed by atoms with van der Waals surface area (Å²) in [5, 5.41) is 2.46. The van der Waals surface area contributed by atoms with Gasteiger partial charge in [-0.1, -0.05) is 42.5 Å². The van der Waals surface area contributed by atoms with Crippen LogP contribution >= 0.6 is 0 Å². The fourth-order valence-electron chi connectivity index (χ4n) is 4.02. The number of carbonyl (C=O) groups excluding carboxylic acids is 2. The van der Waals surface area contributed by atoms with Crippen LogP contribution in [0.25, 0.3) is 0 Å². The van der Waals surface area contributed by atoms with E-state index >= 15 is 0 Å². The number of halogens is 7. The minimum Gasteiger partial charge on any atom is -0.322 e. The highest BCUT2D eigenvalue weighted by molar-refractivity contribution is 6.08. The first-order chi connectivity index (χ1) is 18.1. The third kappa shape index (κ3) is 5.81. The lowest BCUT2D eigenvalue weighted by atomic mass is 9.90. The molecule has 3 aromatic rings. The quantitative estimate of drug-likeness (QED) is 0.242. The SMILES string of the molecule is C=CCN(C(=O)c1ccccc1)c1cccc(C(=O)Nc2c(C)cc(C(F)(C(F)(F)F)C(F)(F)F)cc2C)c1. The Bertz CT molecular complexity index is 1350. The maximum Gasteiger partial charge on any atom is 0.435 e. The van der Waals surface area contributed by atoms with Gasteiger partial charge in [-0.15, -0.1) is 6.58 Å². The molecule has 0 aromatic heterocycles. The molecule has 0 heterocycles. The van der Waals surface area contributed by atoms with Gasteiger partial charge in [-0.05, 0) is 55.3 Å². The number of rotatable bonds is 7. The third-order valence-electron chi connectivity index (χ3n) is 5.95. The number of carbonyl (C=O) groups is 2. The van der Waals surface area contributed by atoms with Crippen LogP contribution in [0, 0.1) is 13.8 Å². The zero-order valence-electron chi connectivity index (χ0n) is 20.8. The predicted octanol–water partition coefficient (Wildman–Crippen LogP) is 7.68. The number of aryl methyl sites for hydroxylation is 2. The van der Waals surface area contributed by atoms with E-state index in [2.05, 4.69) is 11.9 Å². The lowest BCUT2D eigenvalue weighted by molar-refractivity contribution is -0.348. The highest BCUT2D eigenvalue weighted by atomic mass is 19.4. The van der Waals surface area contributed by atoms with Crippen LogP contribution < -0.4 is 10.2 Å². The van der Waals surface area contributed by atoms with E-state index in [0.717, 1.165) is 13.8 Å². The molecule has 0 atom stereocenters. The molecule has 0 aliphatic carbocycles. The fourth-order valence-corrected chi connectivity index (χ4v) is 4.02. The Hall–Kier alpha value is -4.15. The molecular weight excluding hydrogens is 529 g/mol. The summed E-state index contributed by atoms with van der Waals surface area (Å²) in [6.07, 6.45) is -11.0. The van der Waals surface area contributed by atoms with Crippen LogP contribution in [-0.4, -0.2) is 30.7 Å². The number of nitrogens with zero attached hydrogens (tertiary/aromatic N) is 1. The Labute approximate surface area is 219 Å². The Balaban J connectivity index is 1.94. The summed E-state index contributed by atoms with van der Waals surface area (Å²) in [5.74, 6) is -1.11. The standard InChI is InChI=1S/C28H23F7N2O2/c1-4-13-37(25(39)19-9-6-5-7-10-19)22-12-8-11-20(16-22)24(38)36-23-17(2)14-21(15-18(23)3)26(29,27(30,31)32)28(33,34)35/h4-12,14-16H,1,13H2,2-3H3,(H,36,38). The molecule has 2 amide bonds. The van der Waals surface area contributed by atoms with Crippen molar-refractivity contribution in [2.75, 3.05) is 16.8 Å². The van der Waals surface area contributed by atoms with E-state index in [1.54, 1.807) is 36.4 Å². The summed E-state index contributed by atoms with van der Waals surface area (Å²) < 4.78 is 93.8. The zero-order valence-corrected chi connectivity index (χ0v) is 20.8. The molecule has 11 heteroatoms. The van der Waals surface area contributed by atoms with Gasteiger partial charge in [0.15, 0.2) is 0 Å². The number of hydrogen-bond donors (Lipinski definition) is 1. The average Bonchev–Trinajstić information content (AvgIpc) is 2.87. The number of amides is 2. The average molecular weight is 552 g/mol. The number of alkyl halides is 7. The highest BCUT2D eigenvalue weighted by Crippen LogP contribution is 2.53. The Morgan fingerprint density at radius 2 is 1.36 bits per heavy atom. The number of anilines is 2. The Morgan fingerprint density at radius 1 is 0.821 bits per heavy atom. The number of benzene rings is 3. The first-order valence-corrected chi connectivity index (χ1v) is 11.4. The van der Waals surface area contributed by atoms with Crippen LogP contribution in [0.5, 0.6) is 0 Å². The zero-order chi connectivity index (χ0) is 29.2. The summed E-state index contributed by atoms with van der Waals surface area (Å²) in [7, 11) is 0. The van der Waals surface area contributed by atoms with Gasteiger partial charge in [0.1, 0.15) is 0 Å². The van der Waals surface area contributed by atoms with Crippen LogP contribution in [0.4, 0.5) is 42.1 Å². The number of hydrogen-bond acceptors (Lipinski definition) is 2. The van der Waals surface area contributed by atoms with Gasteiger partial charge in [0, 0.05) is 34.6 Å². The van der Waals surface area contributed by atoms with E-state index in [9.17, 15) is 40.3 Å². The van der Waals surface area contributed by atoms with Crippen molar-refractivity contribution in [3.8, 4) is 0 Å². The van der Waals surface area contributed by atoms with Gasteiger partial charge in [0.25, 0.3) is 11.8 Å². The second-order valence-corrected chi connectivity index (χ2v) is 8.71. The van der Waals surface area contributed by atoms with Crippen molar-refractivity contribution < 1.29 is 40.3 Å². The van der Waals surface area contributed by atoms with E-state index in [1.165, 1.54) is 29.2 Å². The van der Waals surface area contributed by atoms with Crippen molar-refractivity contribution in [2.24, 2.45) is 0 Å². The normalized spacial score (nSPS) is 12.1. The molecule has 0 aliphatic heterocycles. The molecule has 0 radical (unpaired) electrons. The molecule has 3 aromatic carbocycles. The van der Waals surface area contributed by atoms with Gasteiger partial charge in [0.2, 0.25) is 0 Å². The van der Waals surface area contributed by atoms with E-state index in [-0.39, 0.29) is 34.8 Å². The third-order valence-corrected chi connectivity index (χ3v) is 5.95. The molecule has 0 fully saturated rings. The second-order valence-electron chi connectivity index (χ2n) is 8.71. The van der Waals surface area contributed by atoms with Crippen molar-refractivity contribution in [1.82, 2.24) is 0 Å². The maximum atomic E-state index is 14.6. The molecular formula is C28H23F7N2O2. The van der Waals surface area contributed by atoms with Crippen LogP contribution in [0.1, 0.15) is 37.4 Å². The van der Waals surface area contributed by atoms with Gasteiger partial charge in [-0.3, -0.25) is 9.59 Å². The van der Waals surface area contributed by atoms with E-state index in [1.807, 2.05) is 0 Å². The van der Waals surface area contributed by atoms with Crippen LogP contribution in [0.15, 0.2) is 79.4 Å². The Kier molecular flexibility index (Phi) is 8.23. The van der Waals surface area contributed by atoms with E-state index in [4.69, 9.17) is 0 Å². The lowest BCUT2D eigenvalue weighted by Gasteiger charge is -2.31. The maximum absolute atomic E-state index is 14.6. The van der Waals surface area contributed by atoms with Crippen molar-refractivity contribution in [3.05, 3.63) is 107 Å². The molecule has 0 unspecified atom stereocenters. The first kappa shape index (κ1) is 29.4. The van der Waals surface area contributed by atoms with Gasteiger partial charge < -0.3 is 10.2 Å². The topological polar surface area (TPSA) is 49.4 Å². The minimum absolute atomic E-state index is 0.0516. The predicted molar refractivity (Wildman–Crippen MR) is 134 cm³/mol. The fraction of sp³-hybridized carbons (Fsp3) is 0.214. The molecule has 0 aliphatic rings. The van der Waals surface area contributed by atoms with Crippen LogP contribution in [0.3, 0.4) is 0 Å². The molecule has 206 valence electrons. The molecule has 39 heavy (non-hydrogen) atoms. The smallest absolute Gasteiger partial charge is 0.322 e. The molecule has 4 nitrogen and oxygen atoms in total. The van der Waals surface area contributed by atoms with Crippen molar-refractivity contribution in [2.45, 2.75) is 31.9 Å². The molecule has 0 bridgehead atoms. The van der Waals surface area contributed by atoms with Gasteiger partial charge >= 0.3 is 18.0 Å². The molecule has 0 saturated heterocycles. The van der Waals surface area contributed by atoms with Crippen LogP contribution in [-0.2, 0) is 5.67 Å². The summed E-state index contributed by atoms with van der Waals surface area (Å²) >= 11 is 0. The summed E-state index contributed by atoms with van der Waals surface area (Å²) in [6.45, 7) is 6.07. The van der Waals surface area contributed by atoms with Gasteiger partial charge in [0.05, 0.1) is 0 Å². The summed E-state index contributed by atoms with van der Waals surface area (Å²) in [6, 6.07) is 15.1. The van der Waals surface area contributed by atoms with E-state index < -0.39 is 29.5 Å². The Morgan fingerprint density at radius 3 is 1.87 bits per heavy atom.